The quantitative estimate of drug-likeness (QED) is 0.187. The molecule has 0 saturated carbocycles. The molecule has 0 aliphatic carbocycles. The van der Waals surface area contributed by atoms with Gasteiger partial charge >= 0.3 is 12.2 Å². The molecule has 0 spiro atoms. The number of fused-ring (bicyclic) bond motifs is 2. The predicted molar refractivity (Wildman–Crippen MR) is 157 cm³/mol. The van der Waals surface area contributed by atoms with Crippen molar-refractivity contribution in [3.8, 4) is 0 Å². The monoisotopic (exact) mass is 672 g/mol. The van der Waals surface area contributed by atoms with E-state index in [1.807, 2.05) is 0 Å². The molecule has 0 bridgehead atoms. The Morgan fingerprint density at radius 3 is 1.52 bits per heavy atom. The topological polar surface area (TPSA) is 253 Å². The highest BCUT2D eigenvalue weighted by Crippen LogP contribution is 2.43. The number of benzene rings is 2. The number of ketones is 2. The summed E-state index contributed by atoms with van der Waals surface area (Å²) in [5.41, 5.74) is -1.22. The Morgan fingerprint density at radius 1 is 0.625 bits per heavy atom. The fourth-order valence-electron chi connectivity index (χ4n) is 6.01. The first-order valence-corrected chi connectivity index (χ1v) is 14.9. The Hall–Kier alpha value is -4.30. The van der Waals surface area contributed by atoms with Crippen LogP contribution in [0.2, 0.25) is 0 Å². The maximum absolute atomic E-state index is 13.9. The third-order valence-electron chi connectivity index (χ3n) is 8.74. The normalized spacial score (nSPS) is 34.6. The van der Waals surface area contributed by atoms with Gasteiger partial charge in [0.15, 0.2) is 12.6 Å². The number of nitrogens with zero attached hydrogens (tertiary/aromatic N) is 2. The second-order valence-electron chi connectivity index (χ2n) is 11.7. The van der Waals surface area contributed by atoms with Crippen LogP contribution in [0.5, 0.6) is 0 Å². The van der Waals surface area contributed by atoms with Crippen LogP contribution in [0.15, 0.2) is 59.9 Å². The molecule has 256 valence electrons. The van der Waals surface area contributed by atoms with E-state index in [9.17, 15) is 54.9 Å². The summed E-state index contributed by atoms with van der Waals surface area (Å²) in [6, 6.07) is 11.6. The Kier molecular flexibility index (Phi) is 9.07. The standard InChI is InChI=1S/C31H32N2O15/c1-12-21(34)17(47-28(41)22(12)35)10-45-30(43)32-15-8-4-2-6-13(15)23(36)19(32)20-24(37)14-7-3-5-9-16(14)33(20)31(44)46-11-18-25(38)26(39)27(40)29(42)48-18/h2-9,12,17-18,21-22,25-29,34-35,38-42H,10-11H2,1H3/b20-19+. The molecule has 10 unspecified atom stereocenters. The Balaban J connectivity index is 1.34. The molecule has 17 heteroatoms. The number of aliphatic hydroxyl groups is 7. The molecule has 0 aromatic heterocycles. The molecule has 4 aliphatic heterocycles. The number of ether oxygens (including phenoxy) is 4. The molecule has 2 aromatic carbocycles. The lowest BCUT2D eigenvalue weighted by Gasteiger charge is -2.39. The summed E-state index contributed by atoms with van der Waals surface area (Å²) < 4.78 is 21.0. The van der Waals surface area contributed by atoms with E-state index in [4.69, 9.17) is 18.9 Å². The van der Waals surface area contributed by atoms with Crippen molar-refractivity contribution in [1.29, 1.82) is 0 Å². The Morgan fingerprint density at radius 2 is 1.04 bits per heavy atom. The fraction of sp³-hybridized carbons (Fsp3) is 0.419. The van der Waals surface area contributed by atoms with Gasteiger partial charge in [0.05, 0.1) is 17.5 Å². The predicted octanol–water partition coefficient (Wildman–Crippen LogP) is -1.25. The van der Waals surface area contributed by atoms with Crippen LogP contribution < -0.4 is 9.80 Å². The summed E-state index contributed by atoms with van der Waals surface area (Å²) >= 11 is 0. The van der Waals surface area contributed by atoms with Gasteiger partial charge < -0.3 is 54.7 Å². The molecule has 7 N–H and O–H groups in total. The van der Waals surface area contributed by atoms with Gasteiger partial charge in [-0.15, -0.1) is 0 Å². The minimum absolute atomic E-state index is 0.00118. The van der Waals surface area contributed by atoms with E-state index >= 15 is 0 Å². The molecule has 2 saturated heterocycles. The number of Topliss-reactive ketones (excluding diaryl/α,β-unsaturated/α-hetero) is 2. The second kappa shape index (κ2) is 13.0. The lowest BCUT2D eigenvalue weighted by Crippen LogP contribution is -2.58. The van der Waals surface area contributed by atoms with Crippen LogP contribution >= 0.6 is 0 Å². The van der Waals surface area contributed by atoms with Gasteiger partial charge in [-0.2, -0.15) is 0 Å². The number of hydrogen-bond acceptors (Lipinski definition) is 15. The third kappa shape index (κ3) is 5.54. The molecule has 2 aromatic rings. The molecule has 4 aliphatic rings. The number of carbonyl (C=O) groups excluding carboxylic acids is 4. The SMILES string of the molecule is CC1C(O)C(O)OC(COC(=O)N2/C(=C3\C(=O)c4ccccc4N3C(=O)OCC3OC(O)C(O)C(O)C3O)C(=O)c3ccccc32)C1O. The van der Waals surface area contributed by atoms with Crippen LogP contribution in [-0.4, -0.2) is 128 Å². The van der Waals surface area contributed by atoms with E-state index in [-0.39, 0.29) is 22.5 Å². The highest BCUT2D eigenvalue weighted by Gasteiger charge is 2.49. The fourth-order valence-corrected chi connectivity index (χ4v) is 6.01. The molecule has 10 atom stereocenters. The number of amides is 2. The van der Waals surface area contributed by atoms with Crippen LogP contribution in [0.4, 0.5) is 21.0 Å². The van der Waals surface area contributed by atoms with Gasteiger partial charge in [-0.1, -0.05) is 31.2 Å². The number of aliphatic hydroxyl groups excluding tert-OH is 7. The van der Waals surface area contributed by atoms with E-state index in [0.29, 0.717) is 0 Å². The molecule has 48 heavy (non-hydrogen) atoms. The summed E-state index contributed by atoms with van der Waals surface area (Å²) in [5.74, 6) is -2.52. The molecular weight excluding hydrogens is 640 g/mol. The zero-order valence-corrected chi connectivity index (χ0v) is 25.1. The average molecular weight is 673 g/mol. The van der Waals surface area contributed by atoms with Gasteiger partial charge in [-0.25, -0.2) is 19.4 Å². The van der Waals surface area contributed by atoms with E-state index in [1.165, 1.54) is 55.5 Å². The van der Waals surface area contributed by atoms with Crippen molar-refractivity contribution in [2.45, 2.75) is 62.2 Å². The second-order valence-corrected chi connectivity index (χ2v) is 11.7. The lowest BCUT2D eigenvalue weighted by molar-refractivity contribution is -0.286. The molecule has 2 fully saturated rings. The van der Waals surface area contributed by atoms with Gasteiger partial charge in [-0.3, -0.25) is 9.59 Å². The van der Waals surface area contributed by atoms with Crippen molar-refractivity contribution in [2.75, 3.05) is 23.0 Å². The van der Waals surface area contributed by atoms with E-state index in [1.54, 1.807) is 0 Å². The zero-order valence-electron chi connectivity index (χ0n) is 25.1. The maximum atomic E-state index is 13.9. The average Bonchev–Trinajstić information content (AvgIpc) is 3.54. The van der Waals surface area contributed by atoms with Crippen LogP contribution in [0.1, 0.15) is 27.6 Å². The smallest absolute Gasteiger partial charge is 0.419 e. The summed E-state index contributed by atoms with van der Waals surface area (Å²) in [6.45, 7) is 0.0398. The highest BCUT2D eigenvalue weighted by atomic mass is 16.7. The lowest BCUT2D eigenvalue weighted by atomic mass is 9.91. The van der Waals surface area contributed by atoms with Gasteiger partial charge in [0.25, 0.3) is 0 Å². The molecule has 17 nitrogen and oxygen atoms in total. The zero-order chi connectivity index (χ0) is 34.6. The van der Waals surface area contributed by atoms with Crippen molar-refractivity contribution in [3.63, 3.8) is 0 Å². The highest BCUT2D eigenvalue weighted by molar-refractivity contribution is 6.33. The van der Waals surface area contributed by atoms with Crippen molar-refractivity contribution < 1.29 is 73.9 Å². The molecule has 0 radical (unpaired) electrons. The Labute approximate surface area is 271 Å². The van der Waals surface area contributed by atoms with Crippen molar-refractivity contribution >= 4 is 35.1 Å². The van der Waals surface area contributed by atoms with Crippen molar-refractivity contribution in [3.05, 3.63) is 71.1 Å². The van der Waals surface area contributed by atoms with Crippen LogP contribution in [0, 0.1) is 5.92 Å². The minimum Gasteiger partial charge on any atom is -0.446 e. The third-order valence-corrected chi connectivity index (χ3v) is 8.74. The van der Waals surface area contributed by atoms with Crippen LogP contribution in [0.25, 0.3) is 0 Å². The summed E-state index contributed by atoms with van der Waals surface area (Å²) in [6.07, 6.45) is -17.0. The van der Waals surface area contributed by atoms with Gasteiger partial charge in [0.2, 0.25) is 11.6 Å². The Bertz CT molecular complexity index is 1540. The maximum Gasteiger partial charge on any atom is 0.419 e. The molecule has 6 rings (SSSR count). The number of hydrogen-bond donors (Lipinski definition) is 7. The first kappa shape index (κ1) is 33.6. The van der Waals surface area contributed by atoms with Gasteiger partial charge in [0.1, 0.15) is 61.2 Å². The van der Waals surface area contributed by atoms with Gasteiger partial charge in [-0.05, 0) is 24.3 Å². The van der Waals surface area contributed by atoms with Gasteiger partial charge in [0, 0.05) is 17.0 Å². The van der Waals surface area contributed by atoms with E-state index < -0.39 is 110 Å². The summed E-state index contributed by atoms with van der Waals surface area (Å²) in [7, 11) is 0. The number of allylic oxidation sites excluding steroid dienone is 2. The van der Waals surface area contributed by atoms with Crippen molar-refractivity contribution in [2.24, 2.45) is 5.92 Å². The van der Waals surface area contributed by atoms with Crippen molar-refractivity contribution in [1.82, 2.24) is 0 Å². The number of rotatable bonds is 4. The van der Waals surface area contributed by atoms with E-state index in [2.05, 4.69) is 0 Å². The van der Waals surface area contributed by atoms with Crippen LogP contribution in [0.3, 0.4) is 0 Å². The number of carbonyl (C=O) groups is 4. The molecule has 4 heterocycles. The molecular formula is C31H32N2O15. The first-order valence-electron chi connectivity index (χ1n) is 14.9. The molecule has 2 amide bonds. The minimum atomic E-state index is -1.91. The summed E-state index contributed by atoms with van der Waals surface area (Å²) in [4.78, 5) is 56.7. The summed E-state index contributed by atoms with van der Waals surface area (Å²) in [5, 5.41) is 70.4. The first-order chi connectivity index (χ1) is 22.8. The van der Waals surface area contributed by atoms with Crippen LogP contribution in [-0.2, 0) is 18.9 Å². The van der Waals surface area contributed by atoms with E-state index in [0.717, 1.165) is 9.80 Å². The number of para-hydroxylation sites is 2. The largest absolute Gasteiger partial charge is 0.446 e. The number of anilines is 2.